The Morgan fingerprint density at radius 1 is 1.15 bits per heavy atom. The van der Waals surface area contributed by atoms with Crippen LogP contribution in [0.5, 0.6) is 11.5 Å². The molecule has 0 spiro atoms. The summed E-state index contributed by atoms with van der Waals surface area (Å²) in [6.45, 7) is 0. The molecular formula is C18H15N3O5S. The maximum atomic E-state index is 12.5. The number of amides is 2. The van der Waals surface area contributed by atoms with E-state index < -0.39 is 29.9 Å². The Morgan fingerprint density at radius 3 is 2.56 bits per heavy atom. The van der Waals surface area contributed by atoms with Gasteiger partial charge < -0.3 is 15.5 Å². The molecule has 0 aromatic heterocycles. The van der Waals surface area contributed by atoms with Crippen molar-refractivity contribution in [1.29, 1.82) is 0 Å². The average molecular weight is 385 g/mol. The van der Waals surface area contributed by atoms with E-state index in [-0.39, 0.29) is 22.2 Å². The van der Waals surface area contributed by atoms with Gasteiger partial charge in [0.25, 0.3) is 11.8 Å². The quantitative estimate of drug-likeness (QED) is 0.273. The van der Waals surface area contributed by atoms with E-state index in [0.717, 1.165) is 17.1 Å². The van der Waals surface area contributed by atoms with Crippen molar-refractivity contribution >= 4 is 40.6 Å². The zero-order chi connectivity index (χ0) is 19.6. The predicted molar refractivity (Wildman–Crippen MR) is 99.9 cm³/mol. The number of para-hydroxylation sites is 1. The van der Waals surface area contributed by atoms with Gasteiger partial charge in [-0.2, -0.15) is 5.01 Å². The molecule has 0 saturated carbocycles. The van der Waals surface area contributed by atoms with Gasteiger partial charge in [0.15, 0.2) is 10.9 Å². The van der Waals surface area contributed by atoms with E-state index in [1.165, 1.54) is 6.07 Å². The lowest BCUT2D eigenvalue weighted by molar-refractivity contribution is -0.129. The Kier molecular flexibility index (Phi) is 5.04. The van der Waals surface area contributed by atoms with Crippen molar-refractivity contribution in [2.24, 2.45) is 5.92 Å². The number of carbonyl (C=O) groups excluding carboxylic acids is 3. The number of aromatic hydroxyl groups is 2. The number of hydrogen-bond acceptors (Lipinski definition) is 6. The Hall–Kier alpha value is -3.46. The summed E-state index contributed by atoms with van der Waals surface area (Å²) in [6, 6.07) is 12.3. The molecule has 9 heteroatoms. The fourth-order valence-corrected chi connectivity index (χ4v) is 2.84. The van der Waals surface area contributed by atoms with Gasteiger partial charge in [0, 0.05) is 12.1 Å². The molecule has 1 aliphatic heterocycles. The smallest absolute Gasteiger partial charge is 0.260 e. The Bertz CT molecular complexity index is 932. The Balaban J connectivity index is 1.71. The SMILES string of the molecule is O=C(CC1C(=O)NN(C(=S)Nc2ccccc2)C1=O)c1cc(O)ccc1O. The number of hydrogen-bond donors (Lipinski definition) is 4. The Morgan fingerprint density at radius 2 is 1.85 bits per heavy atom. The highest BCUT2D eigenvalue weighted by Crippen LogP contribution is 2.26. The minimum absolute atomic E-state index is 0.0327. The summed E-state index contributed by atoms with van der Waals surface area (Å²) in [6.07, 6.45) is -0.466. The van der Waals surface area contributed by atoms with E-state index >= 15 is 0 Å². The summed E-state index contributed by atoms with van der Waals surface area (Å²) >= 11 is 5.15. The predicted octanol–water partition coefficient (Wildman–Crippen LogP) is 1.56. The number of hydrazine groups is 1. The number of benzene rings is 2. The number of rotatable bonds is 4. The van der Waals surface area contributed by atoms with Crippen LogP contribution in [0.3, 0.4) is 0 Å². The standard InChI is InChI=1S/C18H15N3O5S/c22-11-6-7-14(23)12(8-11)15(24)9-13-16(25)20-21(17(13)26)18(27)19-10-4-2-1-3-5-10/h1-8,13,22-23H,9H2,(H,19,27)(H,20,25). The van der Waals surface area contributed by atoms with Crippen LogP contribution in [-0.2, 0) is 9.59 Å². The Labute approximate surface area is 159 Å². The number of phenols is 2. The van der Waals surface area contributed by atoms with Gasteiger partial charge in [-0.05, 0) is 42.5 Å². The molecule has 1 saturated heterocycles. The number of thiocarbonyl (C=S) groups is 1. The van der Waals surface area contributed by atoms with Crippen molar-refractivity contribution in [2.45, 2.75) is 6.42 Å². The third-order valence-corrected chi connectivity index (χ3v) is 4.24. The molecule has 8 nitrogen and oxygen atoms in total. The fourth-order valence-electron chi connectivity index (χ4n) is 2.59. The topological polar surface area (TPSA) is 119 Å². The normalized spacial score (nSPS) is 16.1. The van der Waals surface area contributed by atoms with Gasteiger partial charge in [0.05, 0.1) is 5.56 Å². The first-order valence-electron chi connectivity index (χ1n) is 7.92. The summed E-state index contributed by atoms with van der Waals surface area (Å²) in [5.41, 5.74) is 2.80. The average Bonchev–Trinajstić information content (AvgIpc) is 2.92. The molecule has 2 amide bonds. The zero-order valence-corrected chi connectivity index (χ0v) is 14.7. The summed E-state index contributed by atoms with van der Waals surface area (Å²) in [5.74, 6) is -3.85. The second kappa shape index (κ2) is 7.42. The minimum Gasteiger partial charge on any atom is -0.508 e. The number of nitrogens with one attached hydrogen (secondary N) is 2. The molecule has 1 fully saturated rings. The van der Waals surface area contributed by atoms with Crippen LogP contribution in [0.25, 0.3) is 0 Å². The molecule has 0 aliphatic carbocycles. The van der Waals surface area contributed by atoms with Crippen molar-refractivity contribution in [3.05, 3.63) is 54.1 Å². The van der Waals surface area contributed by atoms with Gasteiger partial charge >= 0.3 is 0 Å². The molecule has 0 bridgehead atoms. The molecule has 1 aliphatic rings. The van der Waals surface area contributed by atoms with E-state index in [1.54, 1.807) is 24.3 Å². The highest BCUT2D eigenvalue weighted by Gasteiger charge is 2.42. The number of nitrogens with zero attached hydrogens (tertiary/aromatic N) is 1. The van der Waals surface area contributed by atoms with Crippen LogP contribution in [0.2, 0.25) is 0 Å². The zero-order valence-electron chi connectivity index (χ0n) is 13.9. The van der Waals surface area contributed by atoms with Gasteiger partial charge in [-0.15, -0.1) is 0 Å². The molecule has 1 heterocycles. The molecule has 2 aromatic rings. The number of anilines is 1. The van der Waals surface area contributed by atoms with E-state index in [2.05, 4.69) is 10.7 Å². The van der Waals surface area contributed by atoms with Crippen molar-refractivity contribution < 1.29 is 24.6 Å². The van der Waals surface area contributed by atoms with Gasteiger partial charge in [-0.3, -0.25) is 19.8 Å². The molecule has 27 heavy (non-hydrogen) atoms. The lowest BCUT2D eigenvalue weighted by atomic mass is 9.97. The highest BCUT2D eigenvalue weighted by atomic mass is 32.1. The van der Waals surface area contributed by atoms with Crippen LogP contribution in [-0.4, -0.2) is 37.9 Å². The maximum Gasteiger partial charge on any atom is 0.260 e. The molecule has 3 rings (SSSR count). The highest BCUT2D eigenvalue weighted by molar-refractivity contribution is 7.80. The van der Waals surface area contributed by atoms with Gasteiger partial charge in [-0.25, -0.2) is 0 Å². The van der Waals surface area contributed by atoms with Crippen LogP contribution in [0.1, 0.15) is 16.8 Å². The molecule has 1 unspecified atom stereocenters. The summed E-state index contributed by atoms with van der Waals surface area (Å²) in [4.78, 5) is 37.0. The van der Waals surface area contributed by atoms with E-state index in [9.17, 15) is 24.6 Å². The van der Waals surface area contributed by atoms with E-state index in [1.807, 2.05) is 6.07 Å². The van der Waals surface area contributed by atoms with E-state index in [4.69, 9.17) is 12.2 Å². The third-order valence-electron chi connectivity index (χ3n) is 3.96. The van der Waals surface area contributed by atoms with Gasteiger partial charge in [0.2, 0.25) is 0 Å². The molecular weight excluding hydrogens is 370 g/mol. The second-order valence-corrected chi connectivity index (χ2v) is 6.21. The van der Waals surface area contributed by atoms with Crippen LogP contribution < -0.4 is 10.7 Å². The van der Waals surface area contributed by atoms with Gasteiger partial charge in [0.1, 0.15) is 17.4 Å². The van der Waals surface area contributed by atoms with Crippen molar-refractivity contribution in [2.75, 3.05) is 5.32 Å². The summed E-state index contributed by atoms with van der Waals surface area (Å²) < 4.78 is 0. The maximum absolute atomic E-state index is 12.5. The van der Waals surface area contributed by atoms with Crippen LogP contribution >= 0.6 is 12.2 Å². The first-order chi connectivity index (χ1) is 12.9. The minimum atomic E-state index is -1.28. The molecule has 4 N–H and O–H groups in total. The first kappa shape index (κ1) is 18.3. The monoisotopic (exact) mass is 385 g/mol. The van der Waals surface area contributed by atoms with Gasteiger partial charge in [-0.1, -0.05) is 18.2 Å². The van der Waals surface area contributed by atoms with Crippen molar-refractivity contribution in [3.63, 3.8) is 0 Å². The van der Waals surface area contributed by atoms with Crippen LogP contribution in [0, 0.1) is 5.92 Å². The first-order valence-corrected chi connectivity index (χ1v) is 8.33. The number of phenolic OH excluding ortho intramolecular Hbond substituents is 2. The second-order valence-electron chi connectivity index (χ2n) is 5.83. The van der Waals surface area contributed by atoms with Crippen molar-refractivity contribution in [1.82, 2.24) is 10.4 Å². The number of ketones is 1. The summed E-state index contributed by atoms with van der Waals surface area (Å²) in [5, 5.41) is 22.9. The molecule has 138 valence electrons. The lowest BCUT2D eigenvalue weighted by Gasteiger charge is -2.17. The number of carbonyl (C=O) groups is 3. The van der Waals surface area contributed by atoms with E-state index in [0.29, 0.717) is 5.69 Å². The third kappa shape index (κ3) is 3.87. The molecule has 0 radical (unpaired) electrons. The summed E-state index contributed by atoms with van der Waals surface area (Å²) in [7, 11) is 0. The molecule has 1 atom stereocenters. The van der Waals surface area contributed by atoms with Crippen molar-refractivity contribution in [3.8, 4) is 11.5 Å². The lowest BCUT2D eigenvalue weighted by Crippen LogP contribution is -2.43. The fraction of sp³-hybridized carbons (Fsp3) is 0.111. The van der Waals surface area contributed by atoms with Crippen LogP contribution in [0.4, 0.5) is 5.69 Å². The number of Topliss-reactive ketones (excluding diaryl/α,β-unsaturated/α-hetero) is 1. The largest absolute Gasteiger partial charge is 0.508 e. The van der Waals surface area contributed by atoms with Crippen LogP contribution in [0.15, 0.2) is 48.5 Å². The molecule has 2 aromatic carbocycles.